The number of para-hydroxylation sites is 1. The Labute approximate surface area is 174 Å². The van der Waals surface area contributed by atoms with E-state index in [1.54, 1.807) is 6.07 Å². The highest BCUT2D eigenvalue weighted by molar-refractivity contribution is 6.35. The number of aromatic nitrogens is 2. The highest BCUT2D eigenvalue weighted by Crippen LogP contribution is 2.24. The SMILES string of the molecule is Cc1ccc(Cl)c2c(=O)n(-c3ccccc3)c(CCN(C(=O)O)C(C)(C)C)nc12. The maximum atomic E-state index is 13.4. The fourth-order valence-electron chi connectivity index (χ4n) is 3.37. The van der Waals surface area contributed by atoms with E-state index in [1.807, 2.05) is 64.1 Å². The summed E-state index contributed by atoms with van der Waals surface area (Å²) in [4.78, 5) is 31.2. The quantitative estimate of drug-likeness (QED) is 0.674. The fraction of sp³-hybridized carbons (Fsp3) is 0.318. The molecule has 3 rings (SSSR count). The largest absolute Gasteiger partial charge is 0.465 e. The minimum Gasteiger partial charge on any atom is -0.465 e. The minimum atomic E-state index is -1.01. The molecular formula is C22H24ClN3O3. The zero-order valence-corrected chi connectivity index (χ0v) is 17.7. The molecule has 0 aliphatic rings. The van der Waals surface area contributed by atoms with Gasteiger partial charge in [0.15, 0.2) is 0 Å². The van der Waals surface area contributed by atoms with Crippen LogP contribution in [-0.4, -0.2) is 37.7 Å². The number of amides is 1. The van der Waals surface area contributed by atoms with Crippen molar-refractivity contribution in [1.29, 1.82) is 0 Å². The second kappa shape index (κ2) is 7.87. The monoisotopic (exact) mass is 413 g/mol. The summed E-state index contributed by atoms with van der Waals surface area (Å²) in [6, 6.07) is 12.7. The van der Waals surface area contributed by atoms with Crippen LogP contribution in [0.2, 0.25) is 5.02 Å². The predicted molar refractivity (Wildman–Crippen MR) is 115 cm³/mol. The van der Waals surface area contributed by atoms with E-state index in [2.05, 4.69) is 0 Å². The van der Waals surface area contributed by atoms with Gasteiger partial charge in [-0.1, -0.05) is 35.9 Å². The number of aryl methyl sites for hydroxylation is 1. The lowest BCUT2D eigenvalue weighted by molar-refractivity contribution is 0.101. The standard InChI is InChI=1S/C22H24ClN3O3/c1-14-10-11-16(23)18-19(14)24-17(12-13-25(21(28)29)22(2,3)4)26(20(18)27)15-8-6-5-7-9-15/h5-11H,12-13H2,1-4H3,(H,28,29). The van der Waals surface area contributed by atoms with E-state index in [0.717, 1.165) is 5.56 Å². The van der Waals surface area contributed by atoms with Crippen molar-refractivity contribution in [2.45, 2.75) is 39.7 Å². The third-order valence-electron chi connectivity index (χ3n) is 4.86. The van der Waals surface area contributed by atoms with Crippen molar-refractivity contribution >= 4 is 28.6 Å². The molecule has 3 aromatic rings. The van der Waals surface area contributed by atoms with Gasteiger partial charge in [0, 0.05) is 18.5 Å². The number of halogens is 1. The van der Waals surface area contributed by atoms with Crippen LogP contribution in [0.25, 0.3) is 16.6 Å². The number of benzene rings is 2. The molecule has 1 aromatic heterocycles. The molecule has 7 heteroatoms. The first kappa shape index (κ1) is 20.9. The molecule has 0 aliphatic carbocycles. The zero-order chi connectivity index (χ0) is 21.3. The highest BCUT2D eigenvalue weighted by Gasteiger charge is 2.26. The van der Waals surface area contributed by atoms with E-state index >= 15 is 0 Å². The van der Waals surface area contributed by atoms with Crippen LogP contribution in [0.4, 0.5) is 4.79 Å². The smallest absolute Gasteiger partial charge is 0.407 e. The number of hydrogen-bond acceptors (Lipinski definition) is 3. The van der Waals surface area contributed by atoms with Crippen LogP contribution in [0.5, 0.6) is 0 Å². The Hall–Kier alpha value is -2.86. The van der Waals surface area contributed by atoms with E-state index in [0.29, 0.717) is 27.4 Å². The van der Waals surface area contributed by atoms with Crippen LogP contribution in [0, 0.1) is 6.92 Å². The molecule has 0 bridgehead atoms. The van der Waals surface area contributed by atoms with Gasteiger partial charge in [0.2, 0.25) is 0 Å². The van der Waals surface area contributed by atoms with Crippen molar-refractivity contribution in [3.05, 3.63) is 69.2 Å². The first-order valence-electron chi connectivity index (χ1n) is 9.38. The van der Waals surface area contributed by atoms with Gasteiger partial charge in [-0.05, 0) is 51.5 Å². The summed E-state index contributed by atoms with van der Waals surface area (Å²) < 4.78 is 1.52. The Balaban J connectivity index is 2.21. The molecule has 0 saturated heterocycles. The van der Waals surface area contributed by atoms with Crippen LogP contribution in [0.3, 0.4) is 0 Å². The summed E-state index contributed by atoms with van der Waals surface area (Å²) in [5.41, 5.74) is 1.22. The topological polar surface area (TPSA) is 75.4 Å². The lowest BCUT2D eigenvalue weighted by Crippen LogP contribution is -2.46. The molecule has 0 spiro atoms. The molecule has 152 valence electrons. The number of nitrogens with zero attached hydrogens (tertiary/aromatic N) is 3. The van der Waals surface area contributed by atoms with Crippen LogP contribution in [-0.2, 0) is 6.42 Å². The second-order valence-electron chi connectivity index (χ2n) is 7.95. The number of hydrogen-bond donors (Lipinski definition) is 1. The van der Waals surface area contributed by atoms with Crippen LogP contribution in [0.15, 0.2) is 47.3 Å². The number of carbonyl (C=O) groups is 1. The minimum absolute atomic E-state index is 0.212. The van der Waals surface area contributed by atoms with Gasteiger partial charge < -0.3 is 10.0 Å². The Morgan fingerprint density at radius 2 is 1.83 bits per heavy atom. The third-order valence-corrected chi connectivity index (χ3v) is 5.17. The van der Waals surface area contributed by atoms with Crippen LogP contribution >= 0.6 is 11.6 Å². The molecule has 0 saturated carbocycles. The van der Waals surface area contributed by atoms with E-state index in [4.69, 9.17) is 16.6 Å². The van der Waals surface area contributed by atoms with E-state index < -0.39 is 11.6 Å². The van der Waals surface area contributed by atoms with Gasteiger partial charge in [-0.3, -0.25) is 9.36 Å². The lowest BCUT2D eigenvalue weighted by atomic mass is 10.1. The highest BCUT2D eigenvalue weighted by atomic mass is 35.5. The number of fused-ring (bicyclic) bond motifs is 1. The summed E-state index contributed by atoms with van der Waals surface area (Å²) in [6.45, 7) is 7.60. The van der Waals surface area contributed by atoms with Crippen molar-refractivity contribution < 1.29 is 9.90 Å². The third kappa shape index (κ3) is 4.12. The van der Waals surface area contributed by atoms with Gasteiger partial charge in [-0.25, -0.2) is 9.78 Å². The fourth-order valence-corrected chi connectivity index (χ4v) is 3.60. The lowest BCUT2D eigenvalue weighted by Gasteiger charge is -2.33. The van der Waals surface area contributed by atoms with Gasteiger partial charge in [-0.2, -0.15) is 0 Å². The zero-order valence-electron chi connectivity index (χ0n) is 16.9. The van der Waals surface area contributed by atoms with Gasteiger partial charge in [0.05, 0.1) is 21.6 Å². The van der Waals surface area contributed by atoms with Crippen molar-refractivity contribution in [1.82, 2.24) is 14.5 Å². The molecule has 29 heavy (non-hydrogen) atoms. The van der Waals surface area contributed by atoms with Crippen molar-refractivity contribution in [3.63, 3.8) is 0 Å². The first-order chi connectivity index (χ1) is 13.6. The molecule has 1 heterocycles. The number of carboxylic acid groups (broad SMARTS) is 1. The average molecular weight is 414 g/mol. The Morgan fingerprint density at radius 1 is 1.17 bits per heavy atom. The van der Waals surface area contributed by atoms with Crippen molar-refractivity contribution in [2.75, 3.05) is 6.54 Å². The van der Waals surface area contributed by atoms with E-state index in [-0.39, 0.29) is 18.5 Å². The summed E-state index contributed by atoms with van der Waals surface area (Å²) in [7, 11) is 0. The van der Waals surface area contributed by atoms with Crippen molar-refractivity contribution in [3.8, 4) is 5.69 Å². The van der Waals surface area contributed by atoms with Gasteiger partial charge in [0.1, 0.15) is 5.82 Å². The molecule has 0 fully saturated rings. The molecule has 1 N–H and O–H groups in total. The molecule has 1 amide bonds. The number of rotatable bonds is 4. The predicted octanol–water partition coefficient (Wildman–Crippen LogP) is 4.67. The summed E-state index contributed by atoms with van der Waals surface area (Å²) in [6.07, 6.45) is -0.721. The van der Waals surface area contributed by atoms with Gasteiger partial charge in [0.25, 0.3) is 5.56 Å². The van der Waals surface area contributed by atoms with E-state index in [1.165, 1.54) is 9.47 Å². The van der Waals surface area contributed by atoms with Gasteiger partial charge >= 0.3 is 6.09 Å². The van der Waals surface area contributed by atoms with Gasteiger partial charge in [-0.15, -0.1) is 0 Å². The van der Waals surface area contributed by atoms with Crippen LogP contribution < -0.4 is 5.56 Å². The molecule has 0 atom stereocenters. The molecule has 0 radical (unpaired) electrons. The summed E-state index contributed by atoms with van der Waals surface area (Å²) in [5.74, 6) is 0.495. The Kier molecular flexibility index (Phi) is 5.66. The summed E-state index contributed by atoms with van der Waals surface area (Å²) in [5, 5.41) is 10.3. The normalized spacial score (nSPS) is 11.6. The van der Waals surface area contributed by atoms with Crippen molar-refractivity contribution in [2.24, 2.45) is 0 Å². The van der Waals surface area contributed by atoms with Crippen LogP contribution in [0.1, 0.15) is 32.2 Å². The molecule has 0 unspecified atom stereocenters. The average Bonchev–Trinajstić information content (AvgIpc) is 2.64. The maximum Gasteiger partial charge on any atom is 0.407 e. The van der Waals surface area contributed by atoms with E-state index in [9.17, 15) is 14.7 Å². The Morgan fingerprint density at radius 3 is 2.41 bits per heavy atom. The second-order valence-corrected chi connectivity index (χ2v) is 8.35. The molecule has 2 aromatic carbocycles. The molecule has 6 nitrogen and oxygen atoms in total. The maximum absolute atomic E-state index is 13.4. The summed E-state index contributed by atoms with van der Waals surface area (Å²) >= 11 is 6.34. The molecular weight excluding hydrogens is 390 g/mol. The Bertz CT molecular complexity index is 1120. The first-order valence-corrected chi connectivity index (χ1v) is 9.76. The molecule has 0 aliphatic heterocycles.